The van der Waals surface area contributed by atoms with E-state index in [2.05, 4.69) is 119 Å². The molecule has 0 radical (unpaired) electrons. The van der Waals surface area contributed by atoms with Gasteiger partial charge >= 0.3 is 0 Å². The van der Waals surface area contributed by atoms with Crippen molar-refractivity contribution < 1.29 is 0 Å². The van der Waals surface area contributed by atoms with Crippen LogP contribution >= 0.6 is 0 Å². The summed E-state index contributed by atoms with van der Waals surface area (Å²) in [5.74, 6) is 0.985. The van der Waals surface area contributed by atoms with Crippen LogP contribution in [0.1, 0.15) is 236 Å². The summed E-state index contributed by atoms with van der Waals surface area (Å²) in [6, 6.07) is 10.3. The SMILES string of the molecule is C/C=C\C(C)(CC)CCC.C=C.C=C(CCCCCCC)CCCC(CCC)CCCCC.CC.CCCCCCCC.CNC.Cc1ccccc1. The van der Waals surface area contributed by atoms with Crippen LogP contribution in [-0.4, -0.2) is 14.1 Å². The highest BCUT2D eigenvalue weighted by Gasteiger charge is 2.15. The third kappa shape index (κ3) is 62.7. The standard InChI is InChI=1S/C21H42.C10H20.C8H18.C7H8.C2H7N.C2H6.C2H4/c1-5-8-10-11-13-16-20(4)17-14-19-21(15-7-3)18-12-9-6-2;1-5-8-10(4,7-3)9-6-2;1-3-5-7-8-6-4-2;1-7-5-3-2-4-6-7;1-3-2;2*1-2/h21H,4-19H2,1-3H3;5,8H,6-7,9H2,1-4H3;3-8H2,1-2H3;2-6H,1H3;3H,1-2H3;1-2H3;1-2H2/b;8-5-;;;;;. The first-order chi connectivity index (χ1) is 25.6. The van der Waals surface area contributed by atoms with Gasteiger partial charge in [0, 0.05) is 0 Å². The van der Waals surface area contributed by atoms with Gasteiger partial charge < -0.3 is 5.32 Å². The van der Waals surface area contributed by atoms with Crippen molar-refractivity contribution in [2.75, 3.05) is 14.1 Å². The van der Waals surface area contributed by atoms with Crippen LogP contribution in [0, 0.1) is 18.3 Å². The highest BCUT2D eigenvalue weighted by molar-refractivity contribution is 5.11. The van der Waals surface area contributed by atoms with Crippen LogP contribution in [0.5, 0.6) is 0 Å². The molecule has 1 heteroatoms. The summed E-state index contributed by atoms with van der Waals surface area (Å²) in [6.45, 7) is 36.7. The Morgan fingerprint density at radius 2 is 1.04 bits per heavy atom. The van der Waals surface area contributed by atoms with Gasteiger partial charge in [-0.2, -0.15) is 0 Å². The number of aryl methyl sites for hydroxylation is 1. The summed E-state index contributed by atoms with van der Waals surface area (Å²) >= 11 is 0. The molecule has 1 aromatic carbocycles. The average molecular weight is 744 g/mol. The third-order valence-electron chi connectivity index (χ3n) is 9.28. The van der Waals surface area contributed by atoms with Gasteiger partial charge in [0.05, 0.1) is 0 Å². The second kappa shape index (κ2) is 59.7. The van der Waals surface area contributed by atoms with E-state index in [0.717, 1.165) is 5.92 Å². The Labute approximate surface area is 340 Å². The fraction of sp³-hybridized carbons (Fsp3) is 0.769. The third-order valence-corrected chi connectivity index (χ3v) is 9.28. The van der Waals surface area contributed by atoms with E-state index in [9.17, 15) is 0 Å². The zero-order valence-corrected chi connectivity index (χ0v) is 39.7. The molecule has 1 N–H and O–H groups in total. The van der Waals surface area contributed by atoms with E-state index < -0.39 is 0 Å². The molecule has 0 aliphatic rings. The van der Waals surface area contributed by atoms with Crippen molar-refractivity contribution in [1.29, 1.82) is 0 Å². The van der Waals surface area contributed by atoms with Gasteiger partial charge in [-0.25, -0.2) is 0 Å². The molecule has 0 aliphatic carbocycles. The minimum Gasteiger partial charge on any atom is -0.323 e. The number of nitrogens with one attached hydrogen (secondary N) is 1. The molecule has 0 aliphatic heterocycles. The summed E-state index contributed by atoms with van der Waals surface area (Å²) in [7, 11) is 3.75. The molecule has 0 saturated carbocycles. The van der Waals surface area contributed by atoms with Crippen LogP contribution in [0.3, 0.4) is 0 Å². The smallest absolute Gasteiger partial charge is 0.0149 e. The Bertz CT molecular complexity index is 744. The van der Waals surface area contributed by atoms with Gasteiger partial charge in [-0.15, -0.1) is 13.2 Å². The molecule has 2 unspecified atom stereocenters. The molecule has 0 amide bonds. The van der Waals surface area contributed by atoms with E-state index in [0.29, 0.717) is 5.41 Å². The highest BCUT2D eigenvalue weighted by Crippen LogP contribution is 2.28. The van der Waals surface area contributed by atoms with Crippen LogP contribution in [0.25, 0.3) is 0 Å². The second-order valence-electron chi connectivity index (χ2n) is 14.8. The average Bonchev–Trinajstić information content (AvgIpc) is 3.17. The van der Waals surface area contributed by atoms with Crippen molar-refractivity contribution in [3.8, 4) is 0 Å². The Morgan fingerprint density at radius 1 is 0.623 bits per heavy atom. The van der Waals surface area contributed by atoms with Gasteiger partial charge in [0.1, 0.15) is 0 Å². The zero-order valence-electron chi connectivity index (χ0n) is 39.7. The zero-order chi connectivity index (χ0) is 41.9. The molecule has 2 atom stereocenters. The molecule has 53 heavy (non-hydrogen) atoms. The summed E-state index contributed by atoms with van der Waals surface area (Å²) in [6.07, 6.45) is 37.6. The van der Waals surface area contributed by atoms with E-state index in [4.69, 9.17) is 0 Å². The molecule has 1 rings (SSSR count). The molecule has 0 bridgehead atoms. The fourth-order valence-corrected chi connectivity index (χ4v) is 6.01. The van der Waals surface area contributed by atoms with Crippen LogP contribution in [-0.2, 0) is 0 Å². The normalized spacial score (nSPS) is 11.4. The predicted molar refractivity (Wildman–Crippen MR) is 255 cm³/mol. The highest BCUT2D eigenvalue weighted by atomic mass is 14.7. The second-order valence-corrected chi connectivity index (χ2v) is 14.8. The van der Waals surface area contributed by atoms with E-state index in [-0.39, 0.29) is 0 Å². The molecule has 1 nitrogen and oxygen atoms in total. The summed E-state index contributed by atoms with van der Waals surface area (Å²) in [5, 5.41) is 2.75. The number of hydrogen-bond donors (Lipinski definition) is 1. The lowest BCUT2D eigenvalue weighted by atomic mass is 9.83. The van der Waals surface area contributed by atoms with Gasteiger partial charge in [-0.05, 0) is 77.8 Å². The molecular formula is C52H105N. The predicted octanol–water partition coefficient (Wildman–Crippen LogP) is 18.9. The summed E-state index contributed by atoms with van der Waals surface area (Å²) in [4.78, 5) is 0. The van der Waals surface area contributed by atoms with Crippen LogP contribution in [0.4, 0.5) is 0 Å². The Balaban J connectivity index is -0.000000143. The minimum atomic E-state index is 0.462. The quantitative estimate of drug-likeness (QED) is 0.0777. The van der Waals surface area contributed by atoms with Crippen molar-refractivity contribution in [2.24, 2.45) is 11.3 Å². The lowest BCUT2D eigenvalue weighted by Crippen LogP contribution is -2.10. The number of allylic oxidation sites excluding steroid dienone is 3. The van der Waals surface area contributed by atoms with Gasteiger partial charge in [0.2, 0.25) is 0 Å². The van der Waals surface area contributed by atoms with Crippen molar-refractivity contribution >= 4 is 0 Å². The van der Waals surface area contributed by atoms with Gasteiger partial charge in [-0.3, -0.25) is 0 Å². The number of unbranched alkanes of at least 4 members (excludes halogenated alkanes) is 11. The fourth-order valence-electron chi connectivity index (χ4n) is 6.01. The van der Waals surface area contributed by atoms with Crippen molar-refractivity contribution in [2.45, 2.75) is 237 Å². The topological polar surface area (TPSA) is 12.0 Å². The largest absolute Gasteiger partial charge is 0.323 e. The Hall–Kier alpha value is -1.60. The Morgan fingerprint density at radius 3 is 1.40 bits per heavy atom. The molecule has 318 valence electrons. The molecule has 0 saturated heterocycles. The number of benzene rings is 1. The van der Waals surface area contributed by atoms with E-state index in [1.807, 2.05) is 46.1 Å². The number of rotatable bonds is 25. The Kier molecular flexibility index (Phi) is 71.3. The maximum atomic E-state index is 4.29. The van der Waals surface area contributed by atoms with Crippen LogP contribution in [0.2, 0.25) is 0 Å². The first kappa shape index (κ1) is 63.3. The minimum absolute atomic E-state index is 0.462. The first-order valence-corrected chi connectivity index (χ1v) is 23.1. The van der Waals surface area contributed by atoms with Gasteiger partial charge in [0.15, 0.2) is 0 Å². The molecule has 0 spiro atoms. The first-order valence-electron chi connectivity index (χ1n) is 23.1. The van der Waals surface area contributed by atoms with Crippen molar-refractivity contribution in [3.63, 3.8) is 0 Å². The molecular weight excluding hydrogens is 639 g/mol. The van der Waals surface area contributed by atoms with E-state index in [1.165, 1.54) is 165 Å². The van der Waals surface area contributed by atoms with Crippen LogP contribution in [0.15, 0.2) is 67.8 Å². The monoisotopic (exact) mass is 744 g/mol. The molecule has 0 heterocycles. The number of hydrogen-bond acceptors (Lipinski definition) is 1. The summed E-state index contributed by atoms with van der Waals surface area (Å²) < 4.78 is 0. The maximum absolute atomic E-state index is 4.29. The molecule has 0 fully saturated rings. The van der Waals surface area contributed by atoms with Gasteiger partial charge in [0.25, 0.3) is 0 Å². The van der Waals surface area contributed by atoms with Crippen LogP contribution < -0.4 is 5.32 Å². The maximum Gasteiger partial charge on any atom is -0.0149 e. The van der Waals surface area contributed by atoms with E-state index in [1.54, 1.807) is 0 Å². The van der Waals surface area contributed by atoms with Crippen molar-refractivity contribution in [3.05, 3.63) is 73.4 Å². The molecule has 0 aromatic heterocycles. The van der Waals surface area contributed by atoms with Gasteiger partial charge in [-0.1, -0.05) is 245 Å². The van der Waals surface area contributed by atoms with Crippen molar-refractivity contribution in [1.82, 2.24) is 5.32 Å². The molecule has 1 aromatic rings. The lowest BCUT2D eigenvalue weighted by Gasteiger charge is -2.23. The lowest BCUT2D eigenvalue weighted by molar-refractivity contribution is 0.372. The summed E-state index contributed by atoms with van der Waals surface area (Å²) in [5.41, 5.74) is 3.29. The van der Waals surface area contributed by atoms with E-state index >= 15 is 0 Å².